The van der Waals surface area contributed by atoms with Crippen molar-refractivity contribution < 1.29 is 4.74 Å². The Morgan fingerprint density at radius 2 is 1.72 bits per heavy atom. The van der Waals surface area contributed by atoms with Crippen molar-refractivity contribution in [1.29, 1.82) is 0 Å². The van der Waals surface area contributed by atoms with Gasteiger partial charge in [-0.25, -0.2) is 4.98 Å². The molecule has 0 amide bonds. The first-order valence-electron chi connectivity index (χ1n) is 7.83. The van der Waals surface area contributed by atoms with E-state index in [1.807, 2.05) is 62.4 Å². The lowest BCUT2D eigenvalue weighted by atomic mass is 10.2. The van der Waals surface area contributed by atoms with E-state index in [0.29, 0.717) is 5.95 Å². The maximum atomic E-state index is 5.25. The summed E-state index contributed by atoms with van der Waals surface area (Å²) in [5.74, 6) is 2.05. The van der Waals surface area contributed by atoms with Gasteiger partial charge in [0.2, 0.25) is 5.95 Å². The molecule has 25 heavy (non-hydrogen) atoms. The molecule has 1 heterocycles. The van der Waals surface area contributed by atoms with E-state index in [9.17, 15) is 0 Å². The second-order valence-electron chi connectivity index (χ2n) is 5.66. The molecule has 5 nitrogen and oxygen atoms in total. The number of aryl methyl sites for hydroxylation is 2. The van der Waals surface area contributed by atoms with Crippen molar-refractivity contribution in [2.24, 2.45) is 0 Å². The molecule has 1 aromatic heterocycles. The highest BCUT2D eigenvalue weighted by atomic mass is 79.9. The van der Waals surface area contributed by atoms with Crippen molar-refractivity contribution in [2.45, 2.75) is 13.8 Å². The van der Waals surface area contributed by atoms with E-state index in [4.69, 9.17) is 4.74 Å². The molecule has 0 aliphatic heterocycles. The first-order chi connectivity index (χ1) is 12.0. The molecule has 0 aliphatic carbocycles. The largest absolute Gasteiger partial charge is 0.497 e. The summed E-state index contributed by atoms with van der Waals surface area (Å²) < 4.78 is 6.29. The Bertz CT molecular complexity index is 898. The Labute approximate surface area is 155 Å². The first-order valence-corrected chi connectivity index (χ1v) is 8.63. The third kappa shape index (κ3) is 4.48. The van der Waals surface area contributed by atoms with Gasteiger partial charge in [-0.1, -0.05) is 28.1 Å². The summed E-state index contributed by atoms with van der Waals surface area (Å²) in [6.45, 7) is 3.99. The Morgan fingerprint density at radius 3 is 2.48 bits per heavy atom. The number of methoxy groups -OCH3 is 1. The summed E-state index contributed by atoms with van der Waals surface area (Å²) in [5, 5.41) is 6.53. The van der Waals surface area contributed by atoms with Crippen molar-refractivity contribution in [3.63, 3.8) is 0 Å². The van der Waals surface area contributed by atoms with E-state index in [2.05, 4.69) is 36.5 Å². The highest BCUT2D eigenvalue weighted by molar-refractivity contribution is 9.10. The van der Waals surface area contributed by atoms with Crippen LogP contribution in [0.3, 0.4) is 0 Å². The van der Waals surface area contributed by atoms with E-state index in [1.54, 1.807) is 7.11 Å². The lowest BCUT2D eigenvalue weighted by molar-refractivity contribution is 0.415. The summed E-state index contributed by atoms with van der Waals surface area (Å²) in [6.07, 6.45) is 0. The van der Waals surface area contributed by atoms with Crippen LogP contribution in [0.25, 0.3) is 0 Å². The van der Waals surface area contributed by atoms with Gasteiger partial charge in [0.25, 0.3) is 0 Å². The third-order valence-electron chi connectivity index (χ3n) is 3.62. The lowest BCUT2D eigenvalue weighted by Crippen LogP contribution is -2.02. The molecule has 0 spiro atoms. The number of anilines is 4. The van der Waals surface area contributed by atoms with E-state index < -0.39 is 0 Å². The van der Waals surface area contributed by atoms with Crippen LogP contribution < -0.4 is 15.4 Å². The van der Waals surface area contributed by atoms with Crippen LogP contribution in [0.5, 0.6) is 5.75 Å². The highest BCUT2D eigenvalue weighted by Gasteiger charge is 2.05. The molecule has 0 radical (unpaired) electrons. The van der Waals surface area contributed by atoms with Crippen LogP contribution in [0.15, 0.2) is 53.0 Å². The normalized spacial score (nSPS) is 10.4. The Balaban J connectivity index is 1.83. The van der Waals surface area contributed by atoms with Crippen molar-refractivity contribution in [3.05, 3.63) is 64.3 Å². The fourth-order valence-corrected chi connectivity index (χ4v) is 2.72. The van der Waals surface area contributed by atoms with Crippen LogP contribution in [-0.2, 0) is 0 Å². The second kappa shape index (κ2) is 7.53. The summed E-state index contributed by atoms with van der Waals surface area (Å²) in [6, 6.07) is 15.7. The minimum absolute atomic E-state index is 0.543. The van der Waals surface area contributed by atoms with Crippen LogP contribution >= 0.6 is 15.9 Å². The standard InChI is InChI=1S/C19H19BrN4O/c1-12-7-8-15(11-17(12)20)23-19-21-13(2)9-18(24-19)22-14-5-4-6-16(10-14)25-3/h4-11H,1-3H3,(H2,21,22,23,24). The van der Waals surface area contributed by atoms with Gasteiger partial charge >= 0.3 is 0 Å². The van der Waals surface area contributed by atoms with Gasteiger partial charge in [0.05, 0.1) is 7.11 Å². The maximum absolute atomic E-state index is 5.25. The molecule has 0 saturated carbocycles. The van der Waals surface area contributed by atoms with E-state index in [1.165, 1.54) is 5.56 Å². The predicted octanol–water partition coefficient (Wildman–Crippen LogP) is 5.35. The molecular weight excluding hydrogens is 380 g/mol. The summed E-state index contributed by atoms with van der Waals surface area (Å²) >= 11 is 3.54. The van der Waals surface area contributed by atoms with Crippen LogP contribution in [0, 0.1) is 13.8 Å². The minimum atomic E-state index is 0.543. The lowest BCUT2D eigenvalue weighted by Gasteiger charge is -2.11. The van der Waals surface area contributed by atoms with Crippen LogP contribution in [-0.4, -0.2) is 17.1 Å². The molecule has 0 aliphatic rings. The number of ether oxygens (including phenoxy) is 1. The van der Waals surface area contributed by atoms with Gasteiger partial charge < -0.3 is 15.4 Å². The molecular formula is C19H19BrN4O. The van der Waals surface area contributed by atoms with Gasteiger partial charge in [-0.3, -0.25) is 0 Å². The number of benzene rings is 2. The summed E-state index contributed by atoms with van der Waals surface area (Å²) in [7, 11) is 1.65. The van der Waals surface area contributed by atoms with E-state index in [-0.39, 0.29) is 0 Å². The molecule has 3 aromatic rings. The van der Waals surface area contributed by atoms with Crippen molar-refractivity contribution >= 4 is 39.1 Å². The molecule has 0 fully saturated rings. The molecule has 0 saturated heterocycles. The number of nitrogens with one attached hydrogen (secondary N) is 2. The maximum Gasteiger partial charge on any atom is 0.229 e. The highest BCUT2D eigenvalue weighted by Crippen LogP contribution is 2.24. The second-order valence-corrected chi connectivity index (χ2v) is 6.52. The zero-order chi connectivity index (χ0) is 17.8. The number of hydrogen-bond donors (Lipinski definition) is 2. The van der Waals surface area contributed by atoms with Crippen LogP contribution in [0.4, 0.5) is 23.1 Å². The van der Waals surface area contributed by atoms with E-state index >= 15 is 0 Å². The Morgan fingerprint density at radius 1 is 0.920 bits per heavy atom. The molecule has 0 atom stereocenters. The molecule has 3 rings (SSSR count). The smallest absolute Gasteiger partial charge is 0.229 e. The van der Waals surface area contributed by atoms with Gasteiger partial charge in [0, 0.05) is 33.7 Å². The molecule has 2 aromatic carbocycles. The third-order valence-corrected chi connectivity index (χ3v) is 4.48. The number of nitrogens with zero attached hydrogens (tertiary/aromatic N) is 2. The molecule has 0 unspecified atom stereocenters. The van der Waals surface area contributed by atoms with Gasteiger partial charge in [-0.05, 0) is 43.7 Å². The molecule has 2 N–H and O–H groups in total. The molecule has 128 valence electrons. The minimum Gasteiger partial charge on any atom is -0.497 e. The van der Waals surface area contributed by atoms with Gasteiger partial charge in [0.1, 0.15) is 11.6 Å². The van der Waals surface area contributed by atoms with Crippen molar-refractivity contribution in [2.75, 3.05) is 17.7 Å². The molecule has 0 bridgehead atoms. The van der Waals surface area contributed by atoms with Gasteiger partial charge in [-0.15, -0.1) is 0 Å². The van der Waals surface area contributed by atoms with Crippen LogP contribution in [0.2, 0.25) is 0 Å². The SMILES string of the molecule is COc1cccc(Nc2cc(C)nc(Nc3ccc(C)c(Br)c3)n2)c1. The number of hydrogen-bond acceptors (Lipinski definition) is 5. The zero-order valence-corrected chi connectivity index (χ0v) is 15.9. The fourth-order valence-electron chi connectivity index (χ4n) is 2.34. The quantitative estimate of drug-likeness (QED) is 0.606. The van der Waals surface area contributed by atoms with E-state index in [0.717, 1.165) is 33.1 Å². The van der Waals surface area contributed by atoms with Crippen molar-refractivity contribution in [1.82, 2.24) is 9.97 Å². The average Bonchev–Trinajstić information content (AvgIpc) is 2.58. The summed E-state index contributed by atoms with van der Waals surface area (Å²) in [5.41, 5.74) is 3.88. The van der Waals surface area contributed by atoms with Gasteiger partial charge in [-0.2, -0.15) is 4.98 Å². The number of rotatable bonds is 5. The zero-order valence-electron chi connectivity index (χ0n) is 14.3. The monoisotopic (exact) mass is 398 g/mol. The Kier molecular flexibility index (Phi) is 5.19. The van der Waals surface area contributed by atoms with Crippen molar-refractivity contribution in [3.8, 4) is 5.75 Å². The van der Waals surface area contributed by atoms with Gasteiger partial charge in [0.15, 0.2) is 0 Å². The topological polar surface area (TPSA) is 59.1 Å². The molecule has 6 heteroatoms. The average molecular weight is 399 g/mol. The summed E-state index contributed by atoms with van der Waals surface area (Å²) in [4.78, 5) is 9.00. The Hall–Kier alpha value is -2.60. The number of aromatic nitrogens is 2. The van der Waals surface area contributed by atoms with Crippen LogP contribution in [0.1, 0.15) is 11.3 Å². The first kappa shape index (κ1) is 17.2. The predicted molar refractivity (Wildman–Crippen MR) is 105 cm³/mol. The number of halogens is 1. The fraction of sp³-hybridized carbons (Fsp3) is 0.158.